The number of para-hydroxylation sites is 1. The summed E-state index contributed by atoms with van der Waals surface area (Å²) in [5.41, 5.74) is 0.142. The van der Waals surface area contributed by atoms with Crippen molar-refractivity contribution in [3.05, 3.63) is 29.8 Å². The molecule has 0 unspecified atom stereocenters. The number of hydrogen-bond acceptors (Lipinski definition) is 4. The highest BCUT2D eigenvalue weighted by molar-refractivity contribution is 6.00. The Morgan fingerprint density at radius 2 is 1.92 bits per heavy atom. The minimum Gasteiger partial charge on any atom is -0.484 e. The number of carbonyl (C=O) groups excluding carboxylic acids is 2. The number of rotatable bonds is 2. The fourth-order valence-electron chi connectivity index (χ4n) is 4.62. The summed E-state index contributed by atoms with van der Waals surface area (Å²) < 4.78 is 6.24. The lowest BCUT2D eigenvalue weighted by atomic mass is 9.89. The molecule has 1 aromatic rings. The molecule has 2 saturated heterocycles. The highest BCUT2D eigenvalue weighted by atomic mass is 16.5. The molecule has 1 aromatic carbocycles. The molecular formula is C21H28N2O3. The summed E-state index contributed by atoms with van der Waals surface area (Å²) in [4.78, 5) is 29.9. The first-order chi connectivity index (χ1) is 12.5. The summed E-state index contributed by atoms with van der Waals surface area (Å²) in [7, 11) is 0. The lowest BCUT2D eigenvalue weighted by Crippen LogP contribution is -2.47. The highest BCUT2D eigenvalue weighted by Crippen LogP contribution is 2.39. The van der Waals surface area contributed by atoms with Gasteiger partial charge in [0.1, 0.15) is 11.4 Å². The Kier molecular flexibility index (Phi) is 4.51. The summed E-state index contributed by atoms with van der Waals surface area (Å²) in [5, 5.41) is 0. The zero-order valence-corrected chi connectivity index (χ0v) is 15.7. The van der Waals surface area contributed by atoms with Crippen LogP contribution in [0, 0.1) is 5.92 Å². The minimum atomic E-state index is -0.528. The Bertz CT molecular complexity index is 709. The van der Waals surface area contributed by atoms with Crippen LogP contribution in [0.3, 0.4) is 0 Å². The molecule has 0 N–H and O–H groups in total. The molecule has 5 nitrogen and oxygen atoms in total. The lowest BCUT2D eigenvalue weighted by Gasteiger charge is -2.37. The van der Waals surface area contributed by atoms with Crippen LogP contribution in [0.5, 0.6) is 5.75 Å². The second-order valence-electron chi connectivity index (χ2n) is 8.29. The van der Waals surface area contributed by atoms with Crippen LogP contribution in [0.25, 0.3) is 0 Å². The summed E-state index contributed by atoms with van der Waals surface area (Å²) in [6.07, 6.45) is 2.98. The second-order valence-corrected chi connectivity index (χ2v) is 8.29. The van der Waals surface area contributed by atoms with E-state index in [-0.39, 0.29) is 17.6 Å². The van der Waals surface area contributed by atoms with Gasteiger partial charge in [0.25, 0.3) is 0 Å². The van der Waals surface area contributed by atoms with E-state index < -0.39 is 5.60 Å². The van der Waals surface area contributed by atoms with Crippen LogP contribution in [0.15, 0.2) is 24.3 Å². The van der Waals surface area contributed by atoms with Crippen LogP contribution in [0.4, 0.5) is 0 Å². The fourth-order valence-corrected chi connectivity index (χ4v) is 4.62. The summed E-state index contributed by atoms with van der Waals surface area (Å²) in [6.45, 7) is 7.64. The first kappa shape index (κ1) is 17.5. The molecule has 1 spiro atoms. The van der Waals surface area contributed by atoms with E-state index >= 15 is 0 Å². The maximum Gasteiger partial charge on any atom is 0.225 e. The van der Waals surface area contributed by atoms with Crippen LogP contribution < -0.4 is 4.74 Å². The standard InChI is InChI=1S/C21H28N2O3/c1-15(2)22-10-7-16(8-11-22)20(25)23-12-9-21(14-23)13-18(24)17-5-3-4-6-19(17)26-21/h3-6,15-16H,7-14H2,1-2H3/t21-/m1/s1. The average molecular weight is 356 g/mol. The predicted octanol–water partition coefficient (Wildman–Crippen LogP) is 2.74. The number of amides is 1. The van der Waals surface area contributed by atoms with Gasteiger partial charge in [-0.15, -0.1) is 0 Å². The van der Waals surface area contributed by atoms with Gasteiger partial charge in [-0.25, -0.2) is 0 Å². The summed E-state index contributed by atoms with van der Waals surface area (Å²) >= 11 is 0. The molecule has 2 fully saturated rings. The van der Waals surface area contributed by atoms with E-state index in [0.717, 1.165) is 32.4 Å². The maximum atomic E-state index is 13.0. The monoisotopic (exact) mass is 356 g/mol. The number of ketones is 1. The Hall–Kier alpha value is -1.88. The first-order valence-electron chi connectivity index (χ1n) is 9.81. The Labute approximate surface area is 155 Å². The normalized spacial score (nSPS) is 27.0. The van der Waals surface area contributed by atoms with Crippen molar-refractivity contribution in [1.29, 1.82) is 0 Å². The Balaban J connectivity index is 1.41. The maximum absolute atomic E-state index is 13.0. The van der Waals surface area contributed by atoms with Crippen molar-refractivity contribution in [3.8, 4) is 5.75 Å². The van der Waals surface area contributed by atoms with Gasteiger partial charge in [0.05, 0.1) is 18.5 Å². The van der Waals surface area contributed by atoms with Crippen LogP contribution in [0.2, 0.25) is 0 Å². The van der Waals surface area contributed by atoms with Gasteiger partial charge in [-0.1, -0.05) is 12.1 Å². The van der Waals surface area contributed by atoms with Gasteiger partial charge >= 0.3 is 0 Å². The van der Waals surface area contributed by atoms with Crippen LogP contribution >= 0.6 is 0 Å². The first-order valence-corrected chi connectivity index (χ1v) is 9.81. The van der Waals surface area contributed by atoms with E-state index in [4.69, 9.17) is 4.74 Å². The molecule has 4 rings (SSSR count). The second kappa shape index (κ2) is 6.69. The van der Waals surface area contributed by atoms with E-state index in [1.54, 1.807) is 0 Å². The van der Waals surface area contributed by atoms with Gasteiger partial charge in [0.2, 0.25) is 5.91 Å². The van der Waals surface area contributed by atoms with E-state index in [0.29, 0.717) is 36.9 Å². The third-order valence-corrected chi connectivity index (χ3v) is 6.23. The zero-order valence-electron chi connectivity index (χ0n) is 15.7. The molecule has 1 atom stereocenters. The van der Waals surface area contributed by atoms with Crippen LogP contribution in [-0.4, -0.2) is 59.3 Å². The molecular weight excluding hydrogens is 328 g/mol. The summed E-state index contributed by atoms with van der Waals surface area (Å²) in [5.74, 6) is 1.17. The number of nitrogens with zero attached hydrogens (tertiary/aromatic N) is 2. The fraction of sp³-hybridized carbons (Fsp3) is 0.619. The van der Waals surface area contributed by atoms with Gasteiger partial charge in [0.15, 0.2) is 5.78 Å². The Morgan fingerprint density at radius 3 is 2.65 bits per heavy atom. The molecule has 0 bridgehead atoms. The number of fused-ring (bicyclic) bond motifs is 1. The molecule has 26 heavy (non-hydrogen) atoms. The molecule has 3 aliphatic heterocycles. The van der Waals surface area contributed by atoms with Gasteiger partial charge < -0.3 is 14.5 Å². The Morgan fingerprint density at radius 1 is 1.19 bits per heavy atom. The van der Waals surface area contributed by atoms with Crippen molar-refractivity contribution >= 4 is 11.7 Å². The number of hydrogen-bond donors (Lipinski definition) is 0. The number of benzene rings is 1. The zero-order chi connectivity index (χ0) is 18.3. The van der Waals surface area contributed by atoms with Gasteiger partial charge in [-0.05, 0) is 51.9 Å². The molecule has 1 amide bonds. The smallest absolute Gasteiger partial charge is 0.225 e. The van der Waals surface area contributed by atoms with Crippen molar-refractivity contribution in [1.82, 2.24) is 9.80 Å². The van der Waals surface area contributed by atoms with E-state index in [9.17, 15) is 9.59 Å². The number of likely N-dealkylation sites (tertiary alicyclic amines) is 2. The highest BCUT2D eigenvalue weighted by Gasteiger charge is 2.47. The third kappa shape index (κ3) is 3.13. The molecule has 5 heteroatoms. The van der Waals surface area contributed by atoms with Gasteiger partial charge in [0, 0.05) is 24.9 Å². The number of carbonyl (C=O) groups is 2. The van der Waals surface area contributed by atoms with Crippen molar-refractivity contribution in [2.45, 2.75) is 51.2 Å². The molecule has 0 radical (unpaired) electrons. The van der Waals surface area contributed by atoms with Crippen molar-refractivity contribution in [2.24, 2.45) is 5.92 Å². The molecule has 0 aromatic heterocycles. The van der Waals surface area contributed by atoms with Gasteiger partial charge in [-0.3, -0.25) is 9.59 Å². The molecule has 140 valence electrons. The number of piperidine rings is 1. The van der Waals surface area contributed by atoms with E-state index in [1.165, 1.54) is 0 Å². The lowest BCUT2D eigenvalue weighted by molar-refractivity contribution is -0.137. The largest absolute Gasteiger partial charge is 0.484 e. The molecule has 0 aliphatic carbocycles. The topological polar surface area (TPSA) is 49.9 Å². The molecule has 0 saturated carbocycles. The quantitative estimate of drug-likeness (QED) is 0.818. The van der Waals surface area contributed by atoms with Crippen molar-refractivity contribution < 1.29 is 14.3 Å². The van der Waals surface area contributed by atoms with Crippen LogP contribution in [0.1, 0.15) is 49.9 Å². The SMILES string of the molecule is CC(C)N1CCC(C(=O)N2CC[C@@]3(CC(=O)c4ccccc4O3)C2)CC1. The average Bonchev–Trinajstić information content (AvgIpc) is 3.04. The predicted molar refractivity (Wildman–Crippen MR) is 99.4 cm³/mol. The summed E-state index contributed by atoms with van der Waals surface area (Å²) in [6, 6.07) is 7.99. The van der Waals surface area contributed by atoms with Crippen molar-refractivity contribution in [2.75, 3.05) is 26.2 Å². The van der Waals surface area contributed by atoms with Crippen molar-refractivity contribution in [3.63, 3.8) is 0 Å². The van der Waals surface area contributed by atoms with E-state index in [1.807, 2.05) is 29.2 Å². The molecule has 3 aliphatic rings. The number of Topliss-reactive ketones (excluding diaryl/α,β-unsaturated/α-hetero) is 1. The number of ether oxygens (including phenoxy) is 1. The third-order valence-electron chi connectivity index (χ3n) is 6.23. The molecule has 3 heterocycles. The van der Waals surface area contributed by atoms with Gasteiger partial charge in [-0.2, -0.15) is 0 Å². The van der Waals surface area contributed by atoms with E-state index in [2.05, 4.69) is 18.7 Å². The van der Waals surface area contributed by atoms with Crippen LogP contribution in [-0.2, 0) is 4.79 Å². The minimum absolute atomic E-state index is 0.117.